The van der Waals surface area contributed by atoms with Crippen molar-refractivity contribution in [3.63, 3.8) is 0 Å². The lowest BCUT2D eigenvalue weighted by Gasteiger charge is -2.35. The van der Waals surface area contributed by atoms with Gasteiger partial charge in [0.25, 0.3) is 0 Å². The lowest BCUT2D eigenvalue weighted by Crippen LogP contribution is -2.48. The second-order valence-electron chi connectivity index (χ2n) is 6.66. The highest BCUT2D eigenvalue weighted by Crippen LogP contribution is 2.42. The van der Waals surface area contributed by atoms with E-state index in [1.165, 1.54) is 0 Å². The fourth-order valence-electron chi connectivity index (χ4n) is 3.44. The molecular weight excluding hydrogens is 244 g/mol. The molecule has 0 unspecified atom stereocenters. The lowest BCUT2D eigenvalue weighted by atomic mass is 9.78. The minimum Gasteiger partial charge on any atom is -0.390 e. The summed E-state index contributed by atoms with van der Waals surface area (Å²) in [4.78, 5) is 0. The molecule has 0 aromatic heterocycles. The van der Waals surface area contributed by atoms with E-state index in [0.29, 0.717) is 17.9 Å². The Morgan fingerprint density at radius 2 is 1.95 bits per heavy atom. The van der Waals surface area contributed by atoms with E-state index >= 15 is 0 Å². The molecule has 6 atom stereocenters. The Balaban J connectivity index is 2.36. The molecule has 0 saturated carbocycles. The summed E-state index contributed by atoms with van der Waals surface area (Å²) in [6.07, 6.45) is -1.22. The Morgan fingerprint density at radius 3 is 2.53 bits per heavy atom. The number of fused-ring (bicyclic) bond motifs is 2. The number of hydrogen-bond donors (Lipinski definition) is 3. The van der Waals surface area contributed by atoms with Crippen LogP contribution in [0.4, 0.5) is 0 Å². The zero-order valence-electron chi connectivity index (χ0n) is 12.0. The van der Waals surface area contributed by atoms with E-state index in [4.69, 9.17) is 4.74 Å². The van der Waals surface area contributed by atoms with Crippen LogP contribution < -0.4 is 0 Å². The Labute approximate surface area is 115 Å². The standard InChI is InChI=1S/C15H26O4/c1-8(2)10-5-6-15(4)14(18)11(16)7-9(3)13(19-15)12(10)17/h8,10-14,16-18H,3,5-7H2,1-2,4H3/t10-,11+,12+,13+,14-,15-/m0/s1. The second-order valence-corrected chi connectivity index (χ2v) is 6.66. The predicted molar refractivity (Wildman–Crippen MR) is 72.6 cm³/mol. The highest BCUT2D eigenvalue weighted by Gasteiger charge is 2.49. The Hall–Kier alpha value is -0.420. The number of hydrogen-bond acceptors (Lipinski definition) is 4. The number of rotatable bonds is 1. The van der Waals surface area contributed by atoms with Crippen molar-refractivity contribution in [2.45, 2.75) is 70.1 Å². The lowest BCUT2D eigenvalue weighted by molar-refractivity contribution is -0.165. The Bertz CT molecular complexity index is 354. The molecule has 0 aliphatic carbocycles. The maximum Gasteiger partial charge on any atom is 0.109 e. The summed E-state index contributed by atoms with van der Waals surface area (Å²) < 4.78 is 5.99. The van der Waals surface area contributed by atoms with Crippen LogP contribution in [0.25, 0.3) is 0 Å². The van der Waals surface area contributed by atoms with Crippen LogP contribution in [-0.2, 0) is 4.74 Å². The molecule has 2 saturated heterocycles. The molecule has 0 aromatic carbocycles. The normalized spacial score (nSPS) is 47.9. The van der Waals surface area contributed by atoms with Crippen molar-refractivity contribution in [1.29, 1.82) is 0 Å². The van der Waals surface area contributed by atoms with Crippen LogP contribution in [0.15, 0.2) is 12.2 Å². The molecule has 4 heteroatoms. The van der Waals surface area contributed by atoms with Crippen LogP contribution in [0, 0.1) is 11.8 Å². The quantitative estimate of drug-likeness (QED) is 0.627. The minimum absolute atomic E-state index is 0.131. The zero-order chi connectivity index (χ0) is 14.4. The monoisotopic (exact) mass is 270 g/mol. The van der Waals surface area contributed by atoms with Crippen molar-refractivity contribution in [3.05, 3.63) is 12.2 Å². The highest BCUT2D eigenvalue weighted by molar-refractivity contribution is 5.15. The van der Waals surface area contributed by atoms with Crippen LogP contribution in [0.3, 0.4) is 0 Å². The van der Waals surface area contributed by atoms with Gasteiger partial charge in [-0.05, 0) is 43.6 Å². The van der Waals surface area contributed by atoms with Gasteiger partial charge in [-0.3, -0.25) is 0 Å². The Kier molecular flexibility index (Phi) is 4.07. The van der Waals surface area contributed by atoms with E-state index in [-0.39, 0.29) is 12.3 Å². The van der Waals surface area contributed by atoms with Gasteiger partial charge < -0.3 is 20.1 Å². The first kappa shape index (κ1) is 15.0. The molecule has 2 heterocycles. The fourth-order valence-corrected chi connectivity index (χ4v) is 3.44. The van der Waals surface area contributed by atoms with Gasteiger partial charge in [-0.15, -0.1) is 0 Å². The van der Waals surface area contributed by atoms with Gasteiger partial charge in [-0.1, -0.05) is 20.4 Å². The van der Waals surface area contributed by atoms with Crippen LogP contribution in [0.5, 0.6) is 0 Å². The number of ether oxygens (including phenoxy) is 1. The molecule has 2 aliphatic rings. The first-order valence-electron chi connectivity index (χ1n) is 7.16. The maximum atomic E-state index is 10.6. The van der Waals surface area contributed by atoms with Crippen molar-refractivity contribution in [2.24, 2.45) is 11.8 Å². The third kappa shape index (κ3) is 2.59. The average molecular weight is 270 g/mol. The third-order valence-electron chi connectivity index (χ3n) is 4.84. The van der Waals surface area contributed by atoms with Gasteiger partial charge in [0.05, 0.1) is 17.8 Å². The smallest absolute Gasteiger partial charge is 0.109 e. The topological polar surface area (TPSA) is 69.9 Å². The Morgan fingerprint density at radius 1 is 1.32 bits per heavy atom. The molecule has 0 aromatic rings. The molecule has 0 amide bonds. The molecule has 0 spiro atoms. The van der Waals surface area contributed by atoms with Gasteiger partial charge in [0.2, 0.25) is 0 Å². The third-order valence-corrected chi connectivity index (χ3v) is 4.84. The average Bonchev–Trinajstić information content (AvgIpc) is 2.50. The van der Waals surface area contributed by atoms with Crippen molar-refractivity contribution in [2.75, 3.05) is 0 Å². The maximum absolute atomic E-state index is 10.6. The van der Waals surface area contributed by atoms with Gasteiger partial charge in [0, 0.05) is 0 Å². The summed E-state index contributed by atoms with van der Waals surface area (Å²) in [6.45, 7) is 9.94. The SMILES string of the molecule is C=C1C[C@@H](O)[C@H](O)[C@]2(C)CC[C@@H](C(C)C)[C@@H](O)[C@@H]1O2. The molecule has 2 fully saturated rings. The summed E-state index contributed by atoms with van der Waals surface area (Å²) in [5, 5.41) is 30.9. The molecule has 3 N–H and O–H groups in total. The van der Waals surface area contributed by atoms with Crippen LogP contribution >= 0.6 is 0 Å². The van der Waals surface area contributed by atoms with Gasteiger partial charge in [-0.25, -0.2) is 0 Å². The van der Waals surface area contributed by atoms with Crippen molar-refractivity contribution < 1.29 is 20.1 Å². The van der Waals surface area contributed by atoms with E-state index in [0.717, 1.165) is 6.42 Å². The van der Waals surface area contributed by atoms with Crippen LogP contribution in [-0.4, -0.2) is 45.3 Å². The van der Waals surface area contributed by atoms with Crippen molar-refractivity contribution in [3.8, 4) is 0 Å². The summed E-state index contributed by atoms with van der Waals surface area (Å²) in [5.41, 5.74) is -0.135. The first-order valence-corrected chi connectivity index (χ1v) is 7.16. The molecule has 2 bridgehead atoms. The largest absolute Gasteiger partial charge is 0.390 e. The highest BCUT2D eigenvalue weighted by atomic mass is 16.5. The van der Waals surface area contributed by atoms with Gasteiger partial charge in [-0.2, -0.15) is 0 Å². The molecule has 0 radical (unpaired) electrons. The summed E-state index contributed by atoms with van der Waals surface area (Å²) in [5.74, 6) is 0.476. The molecule has 2 rings (SSSR count). The van der Waals surface area contributed by atoms with Gasteiger partial charge in [0.15, 0.2) is 0 Å². The first-order chi connectivity index (χ1) is 8.76. The van der Waals surface area contributed by atoms with E-state index in [1.54, 1.807) is 0 Å². The van der Waals surface area contributed by atoms with Crippen LogP contribution in [0.2, 0.25) is 0 Å². The predicted octanol–water partition coefficient (Wildman–Crippen LogP) is 1.24. The van der Waals surface area contributed by atoms with E-state index in [9.17, 15) is 15.3 Å². The second kappa shape index (κ2) is 5.17. The van der Waals surface area contributed by atoms with E-state index in [2.05, 4.69) is 20.4 Å². The van der Waals surface area contributed by atoms with Gasteiger partial charge in [0.1, 0.15) is 12.2 Å². The van der Waals surface area contributed by atoms with Gasteiger partial charge >= 0.3 is 0 Å². The molecule has 2 aliphatic heterocycles. The summed E-state index contributed by atoms with van der Waals surface area (Å²) in [7, 11) is 0. The number of aliphatic hydroxyl groups excluding tert-OH is 3. The number of aliphatic hydroxyl groups is 3. The molecular formula is C15H26O4. The molecule has 19 heavy (non-hydrogen) atoms. The summed E-state index contributed by atoms with van der Waals surface area (Å²) >= 11 is 0. The zero-order valence-corrected chi connectivity index (χ0v) is 12.0. The summed E-state index contributed by atoms with van der Waals surface area (Å²) in [6, 6.07) is 0. The minimum atomic E-state index is -0.938. The molecule has 110 valence electrons. The van der Waals surface area contributed by atoms with Crippen molar-refractivity contribution in [1.82, 2.24) is 0 Å². The van der Waals surface area contributed by atoms with E-state index in [1.807, 2.05) is 6.92 Å². The molecule has 4 nitrogen and oxygen atoms in total. The fraction of sp³-hybridized carbons (Fsp3) is 0.867. The van der Waals surface area contributed by atoms with Crippen LogP contribution in [0.1, 0.15) is 40.0 Å². The van der Waals surface area contributed by atoms with Crippen molar-refractivity contribution >= 4 is 0 Å². The van der Waals surface area contributed by atoms with E-state index < -0.39 is 30.0 Å².